The van der Waals surface area contributed by atoms with Gasteiger partial charge < -0.3 is 4.98 Å². The summed E-state index contributed by atoms with van der Waals surface area (Å²) in [6.07, 6.45) is 0. The molecule has 0 atom stereocenters. The third kappa shape index (κ3) is 1.77. The van der Waals surface area contributed by atoms with Gasteiger partial charge in [-0.25, -0.2) is 0 Å². The van der Waals surface area contributed by atoms with Gasteiger partial charge in [0.2, 0.25) is 0 Å². The molecule has 0 aliphatic carbocycles. The smallest absolute Gasteiger partial charge is 0.158 e. The van der Waals surface area contributed by atoms with Crippen molar-refractivity contribution >= 4 is 33.5 Å². The Morgan fingerprint density at radius 1 is 1.31 bits per heavy atom. The summed E-state index contributed by atoms with van der Waals surface area (Å²) in [7, 11) is 0. The zero-order chi connectivity index (χ0) is 11.5. The molecule has 16 heavy (non-hydrogen) atoms. The molecule has 2 aromatic rings. The number of aromatic amines is 1. The van der Waals surface area contributed by atoms with E-state index in [1.54, 1.807) is 0 Å². The number of nitrogens with zero attached hydrogens (tertiary/aromatic N) is 2. The summed E-state index contributed by atoms with van der Waals surface area (Å²) in [5.41, 5.74) is 2.88. The summed E-state index contributed by atoms with van der Waals surface area (Å²) in [6.45, 7) is 0. The SMILES string of the molecule is N#CC(C#N)c1cccc2[nH]c(CI)cc12. The van der Waals surface area contributed by atoms with Crippen molar-refractivity contribution in [2.24, 2.45) is 0 Å². The molecule has 0 saturated carbocycles. The molecular formula is C12H8IN3. The van der Waals surface area contributed by atoms with Gasteiger partial charge in [-0.1, -0.05) is 34.7 Å². The van der Waals surface area contributed by atoms with Crippen LogP contribution in [0.3, 0.4) is 0 Å². The Labute approximate surface area is 107 Å². The summed E-state index contributed by atoms with van der Waals surface area (Å²) in [5, 5.41) is 18.8. The van der Waals surface area contributed by atoms with Crippen LogP contribution in [0.1, 0.15) is 17.2 Å². The first kappa shape index (κ1) is 11.0. The minimum absolute atomic E-state index is 0.693. The van der Waals surface area contributed by atoms with Gasteiger partial charge >= 0.3 is 0 Å². The molecule has 2 rings (SSSR count). The van der Waals surface area contributed by atoms with Crippen LogP contribution in [0.5, 0.6) is 0 Å². The molecule has 0 saturated heterocycles. The maximum absolute atomic E-state index is 8.92. The highest BCUT2D eigenvalue weighted by molar-refractivity contribution is 14.1. The Bertz CT molecular complexity index is 587. The van der Waals surface area contributed by atoms with Gasteiger partial charge in [0.1, 0.15) is 0 Å². The van der Waals surface area contributed by atoms with Gasteiger partial charge in [-0.2, -0.15) is 10.5 Å². The molecule has 0 amide bonds. The normalized spacial score (nSPS) is 10.2. The first-order chi connectivity index (χ1) is 7.80. The van der Waals surface area contributed by atoms with Crippen molar-refractivity contribution in [1.82, 2.24) is 4.98 Å². The molecule has 1 aromatic carbocycles. The third-order valence-corrected chi connectivity index (χ3v) is 3.29. The number of alkyl halides is 1. The van der Waals surface area contributed by atoms with E-state index < -0.39 is 5.92 Å². The van der Waals surface area contributed by atoms with Crippen molar-refractivity contribution in [3.8, 4) is 12.1 Å². The van der Waals surface area contributed by atoms with Crippen molar-refractivity contribution < 1.29 is 0 Å². The van der Waals surface area contributed by atoms with E-state index in [9.17, 15) is 0 Å². The number of nitriles is 2. The van der Waals surface area contributed by atoms with Gasteiger partial charge in [-0.3, -0.25) is 0 Å². The van der Waals surface area contributed by atoms with Gasteiger partial charge in [-0.15, -0.1) is 0 Å². The van der Waals surface area contributed by atoms with E-state index in [0.717, 1.165) is 26.6 Å². The molecule has 0 fully saturated rings. The lowest BCUT2D eigenvalue weighted by atomic mass is 9.98. The lowest BCUT2D eigenvalue weighted by Gasteiger charge is -2.01. The minimum atomic E-state index is -0.693. The number of nitrogens with one attached hydrogen (secondary N) is 1. The van der Waals surface area contributed by atoms with Gasteiger partial charge in [0.05, 0.1) is 12.1 Å². The Kier molecular flexibility index (Phi) is 3.12. The number of fused-ring (bicyclic) bond motifs is 1. The van der Waals surface area contributed by atoms with Crippen molar-refractivity contribution in [2.45, 2.75) is 10.3 Å². The third-order valence-electron chi connectivity index (χ3n) is 2.47. The maximum Gasteiger partial charge on any atom is 0.158 e. The lowest BCUT2D eigenvalue weighted by Crippen LogP contribution is -1.91. The molecule has 78 valence electrons. The summed E-state index contributed by atoms with van der Waals surface area (Å²) < 4.78 is 0.885. The fourth-order valence-corrected chi connectivity index (χ4v) is 2.14. The zero-order valence-electron chi connectivity index (χ0n) is 8.37. The number of H-pyrrole nitrogens is 1. The number of benzene rings is 1. The standard InChI is InChI=1S/C12H8IN3/c13-5-9-4-11-10(8(6-14)7-15)2-1-3-12(11)16-9/h1-4,8,16H,5H2. The van der Waals surface area contributed by atoms with E-state index in [-0.39, 0.29) is 0 Å². The van der Waals surface area contributed by atoms with Gasteiger partial charge in [0.15, 0.2) is 5.92 Å². The molecule has 3 nitrogen and oxygen atoms in total. The second-order valence-electron chi connectivity index (χ2n) is 3.43. The summed E-state index contributed by atoms with van der Waals surface area (Å²) in [5.74, 6) is -0.693. The summed E-state index contributed by atoms with van der Waals surface area (Å²) in [4.78, 5) is 3.26. The summed E-state index contributed by atoms with van der Waals surface area (Å²) >= 11 is 2.27. The van der Waals surface area contributed by atoms with Crippen molar-refractivity contribution in [3.63, 3.8) is 0 Å². The highest BCUT2D eigenvalue weighted by Gasteiger charge is 2.13. The average Bonchev–Trinajstić information content (AvgIpc) is 2.74. The Morgan fingerprint density at radius 3 is 2.69 bits per heavy atom. The Hall–Kier alpha value is -1.53. The molecule has 0 aliphatic heterocycles. The number of hydrogen-bond donors (Lipinski definition) is 1. The molecule has 0 spiro atoms. The van der Waals surface area contributed by atoms with Crippen LogP contribution in [0.15, 0.2) is 24.3 Å². The second kappa shape index (κ2) is 4.54. The van der Waals surface area contributed by atoms with Crippen LogP contribution >= 0.6 is 22.6 Å². The highest BCUT2D eigenvalue weighted by Crippen LogP contribution is 2.26. The monoisotopic (exact) mass is 321 g/mol. The van der Waals surface area contributed by atoms with E-state index in [0.29, 0.717) is 0 Å². The fraction of sp³-hybridized carbons (Fsp3) is 0.167. The molecule has 1 heterocycles. The van der Waals surface area contributed by atoms with Gasteiger partial charge in [-0.05, 0) is 17.7 Å². The van der Waals surface area contributed by atoms with Crippen LogP contribution in [0, 0.1) is 22.7 Å². The first-order valence-corrected chi connectivity index (χ1v) is 6.28. The minimum Gasteiger partial charge on any atom is -0.358 e. The van der Waals surface area contributed by atoms with E-state index in [4.69, 9.17) is 10.5 Å². The Balaban J connectivity index is 2.67. The summed E-state index contributed by atoms with van der Waals surface area (Å²) in [6, 6.07) is 11.7. The van der Waals surface area contributed by atoms with Crippen LogP contribution < -0.4 is 0 Å². The lowest BCUT2D eigenvalue weighted by molar-refractivity contribution is 1.12. The fourth-order valence-electron chi connectivity index (χ4n) is 1.73. The molecule has 0 aliphatic rings. The van der Waals surface area contributed by atoms with E-state index in [1.807, 2.05) is 36.4 Å². The number of aromatic nitrogens is 1. The molecular weight excluding hydrogens is 313 g/mol. The molecule has 1 aromatic heterocycles. The highest BCUT2D eigenvalue weighted by atomic mass is 127. The zero-order valence-corrected chi connectivity index (χ0v) is 10.5. The van der Waals surface area contributed by atoms with Crippen LogP contribution in [-0.2, 0) is 4.43 Å². The van der Waals surface area contributed by atoms with Crippen molar-refractivity contribution in [3.05, 3.63) is 35.5 Å². The number of rotatable bonds is 2. The maximum atomic E-state index is 8.92. The van der Waals surface area contributed by atoms with Gasteiger partial charge in [0.25, 0.3) is 0 Å². The van der Waals surface area contributed by atoms with Crippen molar-refractivity contribution in [2.75, 3.05) is 0 Å². The van der Waals surface area contributed by atoms with Crippen LogP contribution in [-0.4, -0.2) is 4.98 Å². The Morgan fingerprint density at radius 2 is 2.06 bits per heavy atom. The largest absolute Gasteiger partial charge is 0.358 e. The molecule has 0 unspecified atom stereocenters. The molecule has 1 N–H and O–H groups in total. The quantitative estimate of drug-likeness (QED) is 0.682. The first-order valence-electron chi connectivity index (χ1n) is 4.76. The van der Waals surface area contributed by atoms with Crippen LogP contribution in [0.4, 0.5) is 0 Å². The predicted octanol–water partition coefficient (Wildman–Crippen LogP) is 3.23. The van der Waals surface area contributed by atoms with Crippen LogP contribution in [0.2, 0.25) is 0 Å². The second-order valence-corrected chi connectivity index (χ2v) is 4.19. The van der Waals surface area contributed by atoms with E-state index in [1.165, 1.54) is 0 Å². The van der Waals surface area contributed by atoms with E-state index >= 15 is 0 Å². The molecule has 0 bridgehead atoms. The molecule has 0 radical (unpaired) electrons. The van der Waals surface area contributed by atoms with Crippen molar-refractivity contribution in [1.29, 1.82) is 10.5 Å². The average molecular weight is 321 g/mol. The van der Waals surface area contributed by atoms with Gasteiger partial charge in [0, 0.05) is 21.0 Å². The van der Waals surface area contributed by atoms with Crippen LogP contribution in [0.25, 0.3) is 10.9 Å². The topological polar surface area (TPSA) is 63.4 Å². The number of halogens is 1. The van der Waals surface area contributed by atoms with E-state index in [2.05, 4.69) is 27.6 Å². The molecule has 4 heteroatoms. The number of hydrogen-bond acceptors (Lipinski definition) is 2. The predicted molar refractivity (Wildman–Crippen MR) is 70.0 cm³/mol.